The summed E-state index contributed by atoms with van der Waals surface area (Å²) < 4.78 is 12.9. The number of benzene rings is 1. The van der Waals surface area contributed by atoms with Gasteiger partial charge in [-0.05, 0) is 25.0 Å². The van der Waals surface area contributed by atoms with Gasteiger partial charge in [0.25, 0.3) is 0 Å². The zero-order valence-corrected chi connectivity index (χ0v) is 7.74. The Hall–Kier alpha value is -1.38. The maximum Gasteiger partial charge on any atom is 0.230 e. The molecule has 0 spiro atoms. The largest absolute Gasteiger partial charge is 0.326 e. The van der Waals surface area contributed by atoms with E-state index in [0.717, 1.165) is 5.69 Å². The van der Waals surface area contributed by atoms with Crippen LogP contribution in [0.25, 0.3) is 0 Å². The first-order valence-corrected chi connectivity index (χ1v) is 4.77. The fraction of sp³-hybridized carbons (Fsp3) is 0.364. The molecule has 1 aromatic rings. The van der Waals surface area contributed by atoms with Gasteiger partial charge in [-0.2, -0.15) is 0 Å². The second-order valence-corrected chi connectivity index (χ2v) is 3.56. The molecule has 1 aromatic carbocycles. The first-order chi connectivity index (χ1) is 6.77. The molecule has 1 amide bonds. The SMILES string of the molecule is O=C(Nc1ccccc1)[C@@H]1CC[C@H]1F. The lowest BCUT2D eigenvalue weighted by molar-refractivity contribution is -0.125. The molecular formula is C11H12FNO. The van der Waals surface area contributed by atoms with Crippen LogP contribution in [0.1, 0.15) is 12.8 Å². The predicted molar refractivity (Wildman–Crippen MR) is 52.7 cm³/mol. The van der Waals surface area contributed by atoms with E-state index in [1.165, 1.54) is 0 Å². The first kappa shape index (κ1) is 9.19. The van der Waals surface area contributed by atoms with Crippen LogP contribution in [0.3, 0.4) is 0 Å². The van der Waals surface area contributed by atoms with Gasteiger partial charge in [-0.15, -0.1) is 0 Å². The van der Waals surface area contributed by atoms with E-state index in [9.17, 15) is 9.18 Å². The lowest BCUT2D eigenvalue weighted by Gasteiger charge is -2.28. The molecule has 1 N–H and O–H groups in total. The number of amides is 1. The Morgan fingerprint density at radius 2 is 2.00 bits per heavy atom. The number of hydrogen-bond donors (Lipinski definition) is 1. The van der Waals surface area contributed by atoms with E-state index < -0.39 is 12.1 Å². The fourth-order valence-corrected chi connectivity index (χ4v) is 1.51. The fourth-order valence-electron chi connectivity index (χ4n) is 1.51. The van der Waals surface area contributed by atoms with E-state index in [4.69, 9.17) is 0 Å². The minimum absolute atomic E-state index is 0.199. The molecule has 0 aromatic heterocycles. The summed E-state index contributed by atoms with van der Waals surface area (Å²) in [5, 5.41) is 2.70. The molecule has 0 aliphatic heterocycles. The molecule has 1 fully saturated rings. The Morgan fingerprint density at radius 3 is 2.50 bits per heavy atom. The lowest BCUT2D eigenvalue weighted by atomic mass is 9.82. The topological polar surface area (TPSA) is 29.1 Å². The van der Waals surface area contributed by atoms with Crippen molar-refractivity contribution in [3.63, 3.8) is 0 Å². The van der Waals surface area contributed by atoms with Crippen LogP contribution in [0.2, 0.25) is 0 Å². The van der Waals surface area contributed by atoms with E-state index in [1.54, 1.807) is 12.1 Å². The normalized spacial score (nSPS) is 25.2. The highest BCUT2D eigenvalue weighted by molar-refractivity contribution is 5.93. The standard InChI is InChI=1S/C11H12FNO/c12-10-7-6-9(10)11(14)13-8-4-2-1-3-5-8/h1-5,9-10H,6-7H2,(H,13,14)/t9-,10-/m1/s1. The van der Waals surface area contributed by atoms with Crippen LogP contribution < -0.4 is 5.32 Å². The number of alkyl halides is 1. The van der Waals surface area contributed by atoms with Gasteiger partial charge in [0, 0.05) is 5.69 Å². The van der Waals surface area contributed by atoms with Crippen LogP contribution >= 0.6 is 0 Å². The molecule has 2 rings (SSSR count). The highest BCUT2D eigenvalue weighted by Gasteiger charge is 2.36. The third-order valence-corrected chi connectivity index (χ3v) is 2.57. The molecule has 0 saturated heterocycles. The van der Waals surface area contributed by atoms with Crippen molar-refractivity contribution in [2.24, 2.45) is 5.92 Å². The summed E-state index contributed by atoms with van der Waals surface area (Å²) in [5.41, 5.74) is 0.733. The summed E-state index contributed by atoms with van der Waals surface area (Å²) in [4.78, 5) is 11.5. The smallest absolute Gasteiger partial charge is 0.230 e. The van der Waals surface area contributed by atoms with E-state index >= 15 is 0 Å². The number of para-hydroxylation sites is 1. The Morgan fingerprint density at radius 1 is 1.29 bits per heavy atom. The molecule has 0 radical (unpaired) electrons. The monoisotopic (exact) mass is 193 g/mol. The maximum absolute atomic E-state index is 12.9. The zero-order chi connectivity index (χ0) is 9.97. The first-order valence-electron chi connectivity index (χ1n) is 4.77. The molecule has 3 heteroatoms. The number of anilines is 1. The van der Waals surface area contributed by atoms with Gasteiger partial charge in [-0.25, -0.2) is 4.39 Å². The summed E-state index contributed by atoms with van der Waals surface area (Å²) in [6, 6.07) is 9.14. The van der Waals surface area contributed by atoms with Crippen LogP contribution in [0.4, 0.5) is 10.1 Å². The molecule has 2 nitrogen and oxygen atoms in total. The van der Waals surface area contributed by atoms with Gasteiger partial charge >= 0.3 is 0 Å². The molecule has 14 heavy (non-hydrogen) atoms. The summed E-state index contributed by atoms with van der Waals surface area (Å²) in [6.45, 7) is 0. The van der Waals surface area contributed by atoms with Gasteiger partial charge < -0.3 is 5.32 Å². The third kappa shape index (κ3) is 1.76. The Bertz CT molecular complexity index is 325. The van der Waals surface area contributed by atoms with Gasteiger partial charge in [-0.1, -0.05) is 18.2 Å². The van der Waals surface area contributed by atoms with Crippen LogP contribution in [0.5, 0.6) is 0 Å². The summed E-state index contributed by atoms with van der Waals surface area (Å²) in [7, 11) is 0. The highest BCUT2D eigenvalue weighted by atomic mass is 19.1. The molecule has 0 unspecified atom stereocenters. The lowest BCUT2D eigenvalue weighted by Crippen LogP contribution is -2.38. The van der Waals surface area contributed by atoms with Crippen molar-refractivity contribution in [2.45, 2.75) is 19.0 Å². The summed E-state index contributed by atoms with van der Waals surface area (Å²) in [5.74, 6) is -0.634. The Labute approximate surface area is 82.1 Å². The van der Waals surface area contributed by atoms with Crippen molar-refractivity contribution in [2.75, 3.05) is 5.32 Å². The second kappa shape index (κ2) is 3.78. The van der Waals surface area contributed by atoms with Gasteiger partial charge in [0.05, 0.1) is 5.92 Å². The van der Waals surface area contributed by atoms with E-state index in [-0.39, 0.29) is 5.91 Å². The van der Waals surface area contributed by atoms with Crippen LogP contribution in [0, 0.1) is 5.92 Å². The third-order valence-electron chi connectivity index (χ3n) is 2.57. The number of nitrogens with one attached hydrogen (secondary N) is 1. The number of rotatable bonds is 2. The van der Waals surface area contributed by atoms with Crippen molar-refractivity contribution < 1.29 is 9.18 Å². The van der Waals surface area contributed by atoms with E-state index in [2.05, 4.69) is 5.32 Å². The van der Waals surface area contributed by atoms with Crippen LogP contribution in [-0.4, -0.2) is 12.1 Å². The molecule has 2 atom stereocenters. The van der Waals surface area contributed by atoms with Crippen molar-refractivity contribution in [3.05, 3.63) is 30.3 Å². The molecular weight excluding hydrogens is 181 g/mol. The predicted octanol–water partition coefficient (Wildman–Crippen LogP) is 2.37. The minimum atomic E-state index is -0.946. The molecule has 74 valence electrons. The minimum Gasteiger partial charge on any atom is -0.326 e. The van der Waals surface area contributed by atoms with Gasteiger partial charge in [0.2, 0.25) is 5.91 Å². The molecule has 1 aliphatic carbocycles. The van der Waals surface area contributed by atoms with E-state index in [0.29, 0.717) is 12.8 Å². The second-order valence-electron chi connectivity index (χ2n) is 3.56. The number of carbonyl (C=O) groups excluding carboxylic acids is 1. The Balaban J connectivity index is 1.95. The number of halogens is 1. The van der Waals surface area contributed by atoms with Crippen LogP contribution in [0.15, 0.2) is 30.3 Å². The van der Waals surface area contributed by atoms with Gasteiger partial charge in [0.15, 0.2) is 0 Å². The van der Waals surface area contributed by atoms with Gasteiger partial charge in [-0.3, -0.25) is 4.79 Å². The van der Waals surface area contributed by atoms with Crippen molar-refractivity contribution in [1.82, 2.24) is 0 Å². The van der Waals surface area contributed by atoms with Crippen LogP contribution in [-0.2, 0) is 4.79 Å². The van der Waals surface area contributed by atoms with Crippen molar-refractivity contribution in [3.8, 4) is 0 Å². The highest BCUT2D eigenvalue weighted by Crippen LogP contribution is 2.31. The van der Waals surface area contributed by atoms with Crippen molar-refractivity contribution >= 4 is 11.6 Å². The molecule has 1 aliphatic rings. The zero-order valence-electron chi connectivity index (χ0n) is 7.74. The molecule has 0 bridgehead atoms. The molecule has 1 saturated carbocycles. The number of carbonyl (C=O) groups is 1. The Kier molecular flexibility index (Phi) is 2.48. The quantitative estimate of drug-likeness (QED) is 0.767. The summed E-state index contributed by atoms with van der Waals surface area (Å²) in [6.07, 6.45) is 0.242. The van der Waals surface area contributed by atoms with Gasteiger partial charge in [0.1, 0.15) is 6.17 Å². The summed E-state index contributed by atoms with van der Waals surface area (Å²) >= 11 is 0. The van der Waals surface area contributed by atoms with E-state index in [1.807, 2.05) is 18.2 Å². The maximum atomic E-state index is 12.9. The average molecular weight is 193 g/mol. The average Bonchev–Trinajstić information content (AvgIpc) is 2.17. The van der Waals surface area contributed by atoms with Crippen molar-refractivity contribution in [1.29, 1.82) is 0 Å². The molecule has 0 heterocycles. The number of hydrogen-bond acceptors (Lipinski definition) is 1.